The fraction of sp³-hybridized carbons (Fsp3) is 0.909. The number of hydrogen-bond donors (Lipinski definition) is 1. The molecule has 1 saturated heterocycles. The van der Waals surface area contributed by atoms with E-state index in [0.717, 1.165) is 25.7 Å². The third-order valence-corrected chi connectivity index (χ3v) is 3.94. The van der Waals surface area contributed by atoms with Crippen molar-refractivity contribution in [3.8, 4) is 6.07 Å². The molecule has 2 aliphatic rings. The van der Waals surface area contributed by atoms with Crippen molar-refractivity contribution < 1.29 is 9.84 Å². The van der Waals surface area contributed by atoms with Crippen molar-refractivity contribution in [2.24, 2.45) is 5.92 Å². The molecule has 0 aromatic heterocycles. The first kappa shape index (κ1) is 9.95. The summed E-state index contributed by atoms with van der Waals surface area (Å²) in [5.74, 6) is -0.361. The first-order valence-corrected chi connectivity index (χ1v) is 5.38. The Morgan fingerprint density at radius 2 is 2.00 bits per heavy atom. The average Bonchev–Trinajstić information content (AvgIpc) is 2.41. The summed E-state index contributed by atoms with van der Waals surface area (Å²) in [6.07, 6.45) is 5.23. The highest BCUT2D eigenvalue weighted by atomic mass is 16.5. The molecule has 1 heterocycles. The first-order valence-electron chi connectivity index (χ1n) is 5.38. The Hall–Kier alpha value is -0.590. The van der Waals surface area contributed by atoms with Crippen LogP contribution in [0.4, 0.5) is 0 Å². The number of hydrogen-bond acceptors (Lipinski definition) is 3. The van der Waals surface area contributed by atoms with Crippen molar-refractivity contribution in [2.75, 3.05) is 6.61 Å². The third kappa shape index (κ3) is 1.18. The average molecular weight is 195 g/mol. The number of nitriles is 1. The Bertz CT molecular complexity index is 261. The molecule has 3 heteroatoms. The van der Waals surface area contributed by atoms with Crippen molar-refractivity contribution in [3.05, 3.63) is 0 Å². The van der Waals surface area contributed by atoms with Gasteiger partial charge in [0.05, 0.1) is 18.3 Å². The van der Waals surface area contributed by atoms with Crippen LogP contribution in [0.3, 0.4) is 0 Å². The summed E-state index contributed by atoms with van der Waals surface area (Å²) in [6.45, 7) is 2.16. The highest BCUT2D eigenvalue weighted by Gasteiger charge is 2.58. The monoisotopic (exact) mass is 195 g/mol. The van der Waals surface area contributed by atoms with E-state index in [1.807, 2.05) is 0 Å². The zero-order valence-corrected chi connectivity index (χ0v) is 8.62. The lowest BCUT2D eigenvalue weighted by Crippen LogP contribution is -2.52. The number of nitrogens with zero attached hydrogens (tertiary/aromatic N) is 1. The number of ether oxygens (including phenoxy) is 1. The zero-order valence-electron chi connectivity index (χ0n) is 8.62. The molecular formula is C11H17NO2. The van der Waals surface area contributed by atoms with E-state index < -0.39 is 11.2 Å². The fourth-order valence-electron chi connectivity index (χ4n) is 2.81. The summed E-state index contributed by atoms with van der Waals surface area (Å²) < 4.78 is 5.73. The van der Waals surface area contributed by atoms with Gasteiger partial charge in [0.1, 0.15) is 11.5 Å². The molecule has 2 fully saturated rings. The molecule has 0 amide bonds. The van der Waals surface area contributed by atoms with Gasteiger partial charge in [0, 0.05) is 0 Å². The van der Waals surface area contributed by atoms with Gasteiger partial charge in [0.15, 0.2) is 0 Å². The summed E-state index contributed by atoms with van der Waals surface area (Å²) >= 11 is 0. The largest absolute Gasteiger partial charge is 0.386 e. The quantitative estimate of drug-likeness (QED) is 0.639. The van der Waals surface area contributed by atoms with Crippen LogP contribution in [0, 0.1) is 17.2 Å². The molecule has 1 aliphatic heterocycles. The summed E-state index contributed by atoms with van der Waals surface area (Å²) in [5.41, 5.74) is -1.38. The lowest BCUT2D eigenvalue weighted by atomic mass is 9.70. The molecular weight excluding hydrogens is 178 g/mol. The molecule has 0 aromatic carbocycles. The number of rotatable bonds is 0. The van der Waals surface area contributed by atoms with Crippen molar-refractivity contribution >= 4 is 0 Å². The van der Waals surface area contributed by atoms with E-state index in [4.69, 9.17) is 10.00 Å². The maximum Gasteiger partial charge on any atom is 0.109 e. The minimum Gasteiger partial charge on any atom is -0.386 e. The van der Waals surface area contributed by atoms with Crippen molar-refractivity contribution in [1.29, 1.82) is 5.26 Å². The molecule has 14 heavy (non-hydrogen) atoms. The fourth-order valence-corrected chi connectivity index (χ4v) is 2.81. The van der Waals surface area contributed by atoms with Gasteiger partial charge in [-0.25, -0.2) is 0 Å². The highest BCUT2D eigenvalue weighted by Crippen LogP contribution is 2.48. The lowest BCUT2D eigenvalue weighted by Gasteiger charge is -2.42. The Morgan fingerprint density at radius 1 is 1.36 bits per heavy atom. The van der Waals surface area contributed by atoms with E-state index in [9.17, 15) is 5.11 Å². The zero-order chi connectivity index (χ0) is 10.2. The minimum atomic E-state index is -0.956. The van der Waals surface area contributed by atoms with Gasteiger partial charge in [-0.1, -0.05) is 19.3 Å². The standard InChI is InChI=1S/C11H17NO2/c1-10(13)9(7-12)8-14-11(10)5-3-2-4-6-11/h9,13H,2-6,8H2,1H3. The van der Waals surface area contributed by atoms with Gasteiger partial charge < -0.3 is 9.84 Å². The Morgan fingerprint density at radius 3 is 2.50 bits per heavy atom. The second-order valence-corrected chi connectivity index (χ2v) is 4.70. The normalized spacial score (nSPS) is 41.1. The Balaban J connectivity index is 2.24. The second-order valence-electron chi connectivity index (χ2n) is 4.70. The van der Waals surface area contributed by atoms with Crippen LogP contribution < -0.4 is 0 Å². The maximum absolute atomic E-state index is 10.4. The molecule has 78 valence electrons. The SMILES string of the molecule is CC1(O)C(C#N)COC12CCCCC2. The van der Waals surface area contributed by atoms with Gasteiger partial charge in [-0.2, -0.15) is 5.26 Å². The van der Waals surface area contributed by atoms with E-state index in [1.165, 1.54) is 6.42 Å². The predicted octanol–water partition coefficient (Wildman–Crippen LogP) is 1.61. The minimum absolute atomic E-state index is 0.361. The summed E-state index contributed by atoms with van der Waals surface area (Å²) in [4.78, 5) is 0. The Labute approximate surface area is 84.7 Å². The summed E-state index contributed by atoms with van der Waals surface area (Å²) in [5, 5.41) is 19.3. The van der Waals surface area contributed by atoms with E-state index in [0.29, 0.717) is 6.61 Å². The van der Waals surface area contributed by atoms with Gasteiger partial charge in [0.25, 0.3) is 0 Å². The summed E-state index contributed by atoms with van der Waals surface area (Å²) in [6, 6.07) is 2.15. The molecule has 1 N–H and O–H groups in total. The second kappa shape index (κ2) is 3.22. The predicted molar refractivity (Wildman–Crippen MR) is 51.5 cm³/mol. The van der Waals surface area contributed by atoms with Crippen molar-refractivity contribution in [2.45, 2.75) is 50.2 Å². The topological polar surface area (TPSA) is 53.2 Å². The van der Waals surface area contributed by atoms with Crippen LogP contribution in [0.2, 0.25) is 0 Å². The summed E-state index contributed by atoms with van der Waals surface area (Å²) in [7, 11) is 0. The van der Waals surface area contributed by atoms with E-state index >= 15 is 0 Å². The van der Waals surface area contributed by atoms with E-state index in [-0.39, 0.29) is 5.92 Å². The van der Waals surface area contributed by atoms with Gasteiger partial charge in [-0.3, -0.25) is 0 Å². The molecule has 0 bridgehead atoms. The van der Waals surface area contributed by atoms with Crippen LogP contribution in [0.25, 0.3) is 0 Å². The molecule has 1 saturated carbocycles. The van der Waals surface area contributed by atoms with Gasteiger partial charge >= 0.3 is 0 Å². The van der Waals surface area contributed by atoms with Crippen LogP contribution in [0.1, 0.15) is 39.0 Å². The smallest absolute Gasteiger partial charge is 0.109 e. The molecule has 0 aromatic rings. The van der Waals surface area contributed by atoms with E-state index in [1.54, 1.807) is 6.92 Å². The first-order chi connectivity index (χ1) is 6.62. The Kier molecular flexibility index (Phi) is 2.29. The van der Waals surface area contributed by atoms with Crippen molar-refractivity contribution in [3.63, 3.8) is 0 Å². The van der Waals surface area contributed by atoms with Crippen LogP contribution in [-0.2, 0) is 4.74 Å². The van der Waals surface area contributed by atoms with Crippen LogP contribution in [-0.4, -0.2) is 22.9 Å². The van der Waals surface area contributed by atoms with Gasteiger partial charge in [-0.15, -0.1) is 0 Å². The highest BCUT2D eigenvalue weighted by molar-refractivity contribution is 5.13. The molecule has 2 rings (SSSR count). The lowest BCUT2D eigenvalue weighted by molar-refractivity contribution is -0.134. The number of aliphatic hydroxyl groups is 1. The molecule has 3 nitrogen and oxygen atoms in total. The van der Waals surface area contributed by atoms with Gasteiger partial charge in [0.2, 0.25) is 0 Å². The molecule has 1 aliphatic carbocycles. The van der Waals surface area contributed by atoms with Crippen LogP contribution >= 0.6 is 0 Å². The van der Waals surface area contributed by atoms with Crippen LogP contribution in [0.15, 0.2) is 0 Å². The van der Waals surface area contributed by atoms with Crippen molar-refractivity contribution in [1.82, 2.24) is 0 Å². The molecule has 0 radical (unpaired) electrons. The maximum atomic E-state index is 10.4. The molecule has 2 atom stereocenters. The third-order valence-electron chi connectivity index (χ3n) is 3.94. The molecule has 2 unspecified atom stereocenters. The molecule has 1 spiro atoms. The van der Waals surface area contributed by atoms with Gasteiger partial charge in [-0.05, 0) is 19.8 Å². The van der Waals surface area contributed by atoms with Crippen LogP contribution in [0.5, 0.6) is 0 Å². The van der Waals surface area contributed by atoms with E-state index in [2.05, 4.69) is 6.07 Å².